The van der Waals surface area contributed by atoms with Gasteiger partial charge >= 0.3 is 5.97 Å². The first-order valence-corrected chi connectivity index (χ1v) is 20.4. The molecular formula is C41H53N5O12S. The summed E-state index contributed by atoms with van der Waals surface area (Å²) in [5.74, 6) is -3.11. The van der Waals surface area contributed by atoms with Gasteiger partial charge in [-0.2, -0.15) is 11.8 Å². The zero-order valence-electron chi connectivity index (χ0n) is 32.8. The number of nitrogens with two attached hydrogens (primary N) is 1. The van der Waals surface area contributed by atoms with E-state index in [0.29, 0.717) is 16.9 Å². The van der Waals surface area contributed by atoms with Crippen LogP contribution in [0.4, 0.5) is 0 Å². The van der Waals surface area contributed by atoms with Crippen molar-refractivity contribution < 1.29 is 58.6 Å². The highest BCUT2D eigenvalue weighted by atomic mass is 32.2. The monoisotopic (exact) mass is 839 g/mol. The molecule has 3 aromatic rings. The Kier molecular flexibility index (Phi) is 18.6. The van der Waals surface area contributed by atoms with E-state index in [4.69, 9.17) is 19.9 Å². The number of benzene rings is 3. The smallest absolute Gasteiger partial charge is 0.328 e. The molecule has 1 fully saturated rings. The minimum Gasteiger partial charge on any atom is -0.508 e. The third-order valence-corrected chi connectivity index (χ3v) is 10.0. The van der Waals surface area contributed by atoms with Gasteiger partial charge in [0, 0.05) is 6.42 Å². The molecule has 1 heterocycles. The van der Waals surface area contributed by atoms with E-state index in [1.165, 1.54) is 30.8 Å². The van der Waals surface area contributed by atoms with Crippen LogP contribution in [0.3, 0.4) is 0 Å². The van der Waals surface area contributed by atoms with Crippen LogP contribution in [0.5, 0.6) is 5.75 Å². The predicted molar refractivity (Wildman–Crippen MR) is 216 cm³/mol. The molecule has 0 saturated carbocycles. The molecule has 0 aliphatic carbocycles. The van der Waals surface area contributed by atoms with Crippen molar-refractivity contribution in [3.63, 3.8) is 0 Å². The Morgan fingerprint density at radius 1 is 0.763 bits per heavy atom. The lowest BCUT2D eigenvalue weighted by Crippen LogP contribution is -2.59. The van der Waals surface area contributed by atoms with Crippen molar-refractivity contribution in [3.05, 3.63) is 102 Å². The molecule has 17 nitrogen and oxygen atoms in total. The minimum absolute atomic E-state index is 0.0225. The molecule has 59 heavy (non-hydrogen) atoms. The van der Waals surface area contributed by atoms with Gasteiger partial charge in [0.1, 0.15) is 54.9 Å². The maximum Gasteiger partial charge on any atom is 0.328 e. The molecule has 9 atom stereocenters. The Labute approximate surface area is 346 Å². The fourth-order valence-corrected chi connectivity index (χ4v) is 6.43. The quantitative estimate of drug-likeness (QED) is 0.0608. The molecule has 10 N–H and O–H groups in total. The molecule has 4 rings (SSSR count). The Morgan fingerprint density at radius 2 is 1.39 bits per heavy atom. The van der Waals surface area contributed by atoms with Crippen LogP contribution >= 0.6 is 11.8 Å². The van der Waals surface area contributed by atoms with Crippen molar-refractivity contribution in [2.45, 2.75) is 87.7 Å². The van der Waals surface area contributed by atoms with E-state index < -0.39 is 97.6 Å². The number of ether oxygens (including phenoxy) is 3. The Balaban J connectivity index is 1.33. The van der Waals surface area contributed by atoms with Gasteiger partial charge in [0.2, 0.25) is 23.6 Å². The number of phenolic OH excluding ortho intramolecular Hbond substituents is 1. The number of hydrogen-bond acceptors (Lipinski definition) is 14. The Hall–Kier alpha value is -5.08. The zero-order chi connectivity index (χ0) is 42.9. The summed E-state index contributed by atoms with van der Waals surface area (Å²) >= 11 is 1.41. The maximum absolute atomic E-state index is 13.8. The molecule has 0 bridgehead atoms. The van der Waals surface area contributed by atoms with Crippen molar-refractivity contribution in [1.29, 1.82) is 0 Å². The van der Waals surface area contributed by atoms with E-state index in [0.717, 1.165) is 5.56 Å². The number of hydrogen-bond donors (Lipinski definition) is 9. The Bertz CT molecular complexity index is 1810. The van der Waals surface area contributed by atoms with Crippen LogP contribution in [0.2, 0.25) is 0 Å². The number of esters is 1. The van der Waals surface area contributed by atoms with Crippen molar-refractivity contribution >= 4 is 41.4 Å². The number of phenols is 1. The van der Waals surface area contributed by atoms with Gasteiger partial charge in [-0.15, -0.1) is 0 Å². The van der Waals surface area contributed by atoms with Crippen LogP contribution in [0.15, 0.2) is 84.9 Å². The highest BCUT2D eigenvalue weighted by Gasteiger charge is 2.45. The van der Waals surface area contributed by atoms with E-state index in [-0.39, 0.29) is 31.6 Å². The summed E-state index contributed by atoms with van der Waals surface area (Å²) in [5.41, 5.74) is 8.17. The first kappa shape index (κ1) is 46.6. The number of carbonyl (C=O) groups excluding carboxylic acids is 5. The standard InChI is InChI=1S/C41H53N5O12S/c1-24(44-38(53)29(42)19-26-13-15-28(47)16-14-26)37(52)43-21-33(48)45-31(20-25-9-5-3-6-10-25)39(54)46-30(17-18-59-2)40(55)56-23-32-34(49)35(50)36(51)41(58-32)57-22-27-11-7-4-8-12-27/h3-16,24,29-32,34-36,41,47,49-51H,17-23,42H2,1-2H3,(H,43,52)(H,44,53)(H,45,48)(H,46,54)/t24-,29+,30+,31+,32-,34-,35+,36-,41-/m1/s1. The van der Waals surface area contributed by atoms with E-state index in [2.05, 4.69) is 21.3 Å². The summed E-state index contributed by atoms with van der Waals surface area (Å²) in [6, 6.07) is 19.5. The van der Waals surface area contributed by atoms with Crippen LogP contribution in [0.1, 0.15) is 30.0 Å². The number of aromatic hydroxyl groups is 1. The van der Waals surface area contributed by atoms with Crippen LogP contribution in [0.25, 0.3) is 0 Å². The third kappa shape index (κ3) is 14.9. The van der Waals surface area contributed by atoms with Gasteiger partial charge in [-0.3, -0.25) is 19.2 Å². The Morgan fingerprint density at radius 3 is 2.03 bits per heavy atom. The minimum atomic E-state index is -1.67. The van der Waals surface area contributed by atoms with Crippen molar-refractivity contribution in [2.75, 3.05) is 25.2 Å². The van der Waals surface area contributed by atoms with Crippen LogP contribution in [-0.4, -0.2) is 130 Å². The van der Waals surface area contributed by atoms with Gasteiger partial charge in [-0.1, -0.05) is 72.8 Å². The second-order valence-electron chi connectivity index (χ2n) is 14.0. The number of aliphatic hydroxyl groups excluding tert-OH is 3. The molecule has 0 spiro atoms. The summed E-state index contributed by atoms with van der Waals surface area (Å²) in [6.07, 6.45) is -5.40. The number of aliphatic hydroxyl groups is 3. The molecule has 3 aromatic carbocycles. The second-order valence-corrected chi connectivity index (χ2v) is 15.0. The molecule has 1 saturated heterocycles. The van der Waals surface area contributed by atoms with E-state index >= 15 is 0 Å². The zero-order valence-corrected chi connectivity index (χ0v) is 33.6. The van der Waals surface area contributed by atoms with E-state index in [9.17, 15) is 44.4 Å². The average Bonchev–Trinajstić information content (AvgIpc) is 3.23. The summed E-state index contributed by atoms with van der Waals surface area (Å²) in [4.78, 5) is 65.8. The lowest BCUT2D eigenvalue weighted by Gasteiger charge is -2.40. The fraction of sp³-hybridized carbons (Fsp3) is 0.439. The van der Waals surface area contributed by atoms with Gasteiger partial charge in [-0.25, -0.2) is 4.79 Å². The summed E-state index contributed by atoms with van der Waals surface area (Å²) in [6.45, 7) is 0.357. The van der Waals surface area contributed by atoms with Gasteiger partial charge in [0.25, 0.3) is 0 Å². The molecule has 1 aliphatic rings. The topological polar surface area (TPSA) is 268 Å². The lowest BCUT2D eigenvalue weighted by atomic mass is 9.99. The lowest BCUT2D eigenvalue weighted by molar-refractivity contribution is -0.304. The molecule has 0 unspecified atom stereocenters. The first-order valence-electron chi connectivity index (χ1n) is 19.0. The number of carbonyl (C=O) groups is 5. The van der Waals surface area contributed by atoms with Crippen LogP contribution in [-0.2, 0) is 57.6 Å². The van der Waals surface area contributed by atoms with Crippen molar-refractivity contribution in [1.82, 2.24) is 21.3 Å². The molecule has 320 valence electrons. The number of amides is 4. The molecule has 0 radical (unpaired) electrons. The van der Waals surface area contributed by atoms with Crippen molar-refractivity contribution in [3.8, 4) is 5.75 Å². The van der Waals surface area contributed by atoms with Crippen LogP contribution in [0, 0.1) is 0 Å². The average molecular weight is 840 g/mol. The largest absolute Gasteiger partial charge is 0.508 e. The normalized spacial score (nSPS) is 20.9. The molecule has 0 aromatic heterocycles. The third-order valence-electron chi connectivity index (χ3n) is 9.37. The molecular weight excluding hydrogens is 787 g/mol. The second kappa shape index (κ2) is 23.5. The van der Waals surface area contributed by atoms with Gasteiger partial charge in [0.15, 0.2) is 6.29 Å². The van der Waals surface area contributed by atoms with Crippen LogP contribution < -0.4 is 27.0 Å². The van der Waals surface area contributed by atoms with Crippen molar-refractivity contribution in [2.24, 2.45) is 5.73 Å². The van der Waals surface area contributed by atoms with E-state index in [1.54, 1.807) is 66.7 Å². The number of nitrogens with one attached hydrogen (secondary N) is 4. The maximum atomic E-state index is 13.8. The fourth-order valence-electron chi connectivity index (χ4n) is 5.96. The number of rotatable bonds is 21. The molecule has 1 aliphatic heterocycles. The van der Waals surface area contributed by atoms with Gasteiger partial charge in [0.05, 0.1) is 19.2 Å². The molecule has 4 amide bonds. The SMILES string of the molecule is CSCC[C@H](NC(=O)[C@H](Cc1ccccc1)NC(=O)CNC(=O)[C@@H](C)NC(=O)[C@@H](N)Cc1ccc(O)cc1)C(=O)OC[C@H]1O[C@@H](OCc2ccccc2)[C@H](O)[C@@H](O)[C@@H]1O. The van der Waals surface area contributed by atoms with Gasteiger partial charge < -0.3 is 61.6 Å². The van der Waals surface area contributed by atoms with Gasteiger partial charge in [-0.05, 0) is 60.6 Å². The summed E-state index contributed by atoms with van der Waals surface area (Å²) in [7, 11) is 0. The number of thioether (sulfide) groups is 1. The summed E-state index contributed by atoms with van der Waals surface area (Å²) < 4.78 is 16.8. The highest BCUT2D eigenvalue weighted by molar-refractivity contribution is 7.98. The first-order chi connectivity index (χ1) is 28.2. The van der Waals surface area contributed by atoms with E-state index in [1.807, 2.05) is 12.3 Å². The predicted octanol–water partition coefficient (Wildman–Crippen LogP) is -0.584. The molecule has 18 heteroatoms. The highest BCUT2D eigenvalue weighted by Crippen LogP contribution is 2.24. The summed E-state index contributed by atoms with van der Waals surface area (Å²) in [5, 5.41) is 51.3.